The van der Waals surface area contributed by atoms with Crippen molar-refractivity contribution in [2.75, 3.05) is 13.2 Å². The fourth-order valence-electron chi connectivity index (χ4n) is 1.40. The molecule has 4 nitrogen and oxygen atoms in total. The lowest BCUT2D eigenvalue weighted by Gasteiger charge is -2.02. The number of nitrogens with zero attached hydrogens (tertiary/aromatic N) is 1. The van der Waals surface area contributed by atoms with Crippen LogP contribution >= 0.6 is 0 Å². The average Bonchev–Trinajstić information content (AvgIpc) is 2.70. The van der Waals surface area contributed by atoms with Gasteiger partial charge in [-0.15, -0.1) is 0 Å². The van der Waals surface area contributed by atoms with Gasteiger partial charge in [0.25, 0.3) is 0 Å². The molecule has 0 aliphatic carbocycles. The zero-order valence-corrected chi connectivity index (χ0v) is 7.66. The SMILES string of the molecule is CCOc1cnc(C2CCCO2)o1. The Hall–Kier alpha value is -1.03. The van der Waals surface area contributed by atoms with E-state index in [4.69, 9.17) is 13.9 Å². The molecule has 0 bridgehead atoms. The zero-order chi connectivity index (χ0) is 9.10. The van der Waals surface area contributed by atoms with Gasteiger partial charge in [-0.3, -0.25) is 0 Å². The van der Waals surface area contributed by atoms with Gasteiger partial charge in [-0.25, -0.2) is 4.98 Å². The Morgan fingerprint density at radius 1 is 1.69 bits per heavy atom. The molecular formula is C9H13NO3. The molecule has 0 radical (unpaired) electrons. The minimum atomic E-state index is 0.0363. The molecule has 13 heavy (non-hydrogen) atoms. The van der Waals surface area contributed by atoms with E-state index in [1.807, 2.05) is 6.92 Å². The molecule has 4 heteroatoms. The molecule has 0 aromatic carbocycles. The highest BCUT2D eigenvalue weighted by Crippen LogP contribution is 2.29. The van der Waals surface area contributed by atoms with E-state index in [-0.39, 0.29) is 6.10 Å². The van der Waals surface area contributed by atoms with Gasteiger partial charge in [0.15, 0.2) is 0 Å². The van der Waals surface area contributed by atoms with E-state index in [0.717, 1.165) is 19.4 Å². The van der Waals surface area contributed by atoms with Crippen LogP contribution in [0.1, 0.15) is 31.8 Å². The molecule has 1 aliphatic heterocycles. The summed E-state index contributed by atoms with van der Waals surface area (Å²) in [5.74, 6) is 1.12. The molecular weight excluding hydrogens is 170 g/mol. The standard InChI is InChI=1S/C9H13NO3/c1-2-11-8-6-10-9(13-8)7-4-3-5-12-7/h6-7H,2-5H2,1H3. The Kier molecular flexibility index (Phi) is 2.49. The van der Waals surface area contributed by atoms with Crippen molar-refractivity contribution in [2.24, 2.45) is 0 Å². The predicted octanol–water partition coefficient (Wildman–Crippen LogP) is 1.92. The van der Waals surface area contributed by atoms with Crippen LogP contribution in [0.3, 0.4) is 0 Å². The molecule has 1 saturated heterocycles. The van der Waals surface area contributed by atoms with Gasteiger partial charge in [-0.05, 0) is 19.8 Å². The summed E-state index contributed by atoms with van der Waals surface area (Å²) in [7, 11) is 0. The number of oxazole rings is 1. The fraction of sp³-hybridized carbons (Fsp3) is 0.667. The van der Waals surface area contributed by atoms with Crippen molar-refractivity contribution in [3.63, 3.8) is 0 Å². The molecule has 1 aliphatic rings. The van der Waals surface area contributed by atoms with Crippen molar-refractivity contribution >= 4 is 0 Å². The van der Waals surface area contributed by atoms with Crippen LogP contribution in [0.5, 0.6) is 5.95 Å². The maximum Gasteiger partial charge on any atom is 0.305 e. The summed E-state index contributed by atoms with van der Waals surface area (Å²) in [6.45, 7) is 3.31. The Labute approximate surface area is 76.9 Å². The van der Waals surface area contributed by atoms with Crippen molar-refractivity contribution in [3.8, 4) is 5.95 Å². The normalized spacial score (nSPS) is 22.1. The Morgan fingerprint density at radius 2 is 2.62 bits per heavy atom. The molecule has 1 fully saturated rings. The summed E-state index contributed by atoms with van der Waals surface area (Å²) in [5.41, 5.74) is 0. The summed E-state index contributed by atoms with van der Waals surface area (Å²) in [6.07, 6.45) is 3.71. The molecule has 0 saturated carbocycles. The van der Waals surface area contributed by atoms with E-state index in [1.165, 1.54) is 0 Å². The number of rotatable bonds is 3. The molecule has 0 spiro atoms. The Balaban J connectivity index is 2.03. The van der Waals surface area contributed by atoms with Gasteiger partial charge >= 0.3 is 5.95 Å². The lowest BCUT2D eigenvalue weighted by molar-refractivity contribution is 0.0846. The first-order chi connectivity index (χ1) is 6.40. The van der Waals surface area contributed by atoms with E-state index in [0.29, 0.717) is 18.4 Å². The monoisotopic (exact) mass is 183 g/mol. The third kappa shape index (κ3) is 1.83. The largest absolute Gasteiger partial charge is 0.464 e. The third-order valence-corrected chi connectivity index (χ3v) is 1.99. The molecule has 1 atom stereocenters. The topological polar surface area (TPSA) is 44.5 Å². The van der Waals surface area contributed by atoms with Crippen molar-refractivity contribution in [1.29, 1.82) is 0 Å². The molecule has 0 N–H and O–H groups in total. The molecule has 72 valence electrons. The maximum atomic E-state index is 5.42. The first kappa shape index (κ1) is 8.56. The van der Waals surface area contributed by atoms with Gasteiger partial charge in [-0.1, -0.05) is 0 Å². The zero-order valence-electron chi connectivity index (χ0n) is 7.66. The van der Waals surface area contributed by atoms with Gasteiger partial charge in [0.05, 0.1) is 6.61 Å². The number of aromatic nitrogens is 1. The second-order valence-corrected chi connectivity index (χ2v) is 2.95. The van der Waals surface area contributed by atoms with Crippen molar-refractivity contribution in [1.82, 2.24) is 4.98 Å². The summed E-state index contributed by atoms with van der Waals surface area (Å²) in [6, 6.07) is 0. The van der Waals surface area contributed by atoms with Crippen LogP contribution in [0.25, 0.3) is 0 Å². The molecule has 1 aromatic heterocycles. The summed E-state index contributed by atoms with van der Waals surface area (Å²) in [4.78, 5) is 4.10. The van der Waals surface area contributed by atoms with Gasteiger partial charge in [-0.2, -0.15) is 0 Å². The van der Waals surface area contributed by atoms with E-state index in [1.54, 1.807) is 6.20 Å². The van der Waals surface area contributed by atoms with Gasteiger partial charge in [0.2, 0.25) is 5.89 Å². The third-order valence-electron chi connectivity index (χ3n) is 1.99. The number of hydrogen-bond donors (Lipinski definition) is 0. The first-order valence-corrected chi connectivity index (χ1v) is 4.60. The van der Waals surface area contributed by atoms with Crippen LogP contribution in [0.15, 0.2) is 10.6 Å². The molecule has 0 amide bonds. The molecule has 2 heterocycles. The lowest BCUT2D eigenvalue weighted by atomic mass is 10.2. The van der Waals surface area contributed by atoms with Crippen molar-refractivity contribution < 1.29 is 13.9 Å². The average molecular weight is 183 g/mol. The van der Waals surface area contributed by atoms with Crippen LogP contribution in [0, 0.1) is 0 Å². The quantitative estimate of drug-likeness (QED) is 0.718. The number of hydrogen-bond acceptors (Lipinski definition) is 4. The first-order valence-electron chi connectivity index (χ1n) is 4.60. The second-order valence-electron chi connectivity index (χ2n) is 2.95. The van der Waals surface area contributed by atoms with Gasteiger partial charge < -0.3 is 13.9 Å². The van der Waals surface area contributed by atoms with E-state index in [2.05, 4.69) is 4.98 Å². The van der Waals surface area contributed by atoms with Crippen LogP contribution < -0.4 is 4.74 Å². The maximum absolute atomic E-state index is 5.42. The summed E-state index contributed by atoms with van der Waals surface area (Å²) < 4.78 is 15.9. The summed E-state index contributed by atoms with van der Waals surface area (Å²) in [5, 5.41) is 0. The van der Waals surface area contributed by atoms with E-state index in [9.17, 15) is 0 Å². The minimum Gasteiger partial charge on any atom is -0.464 e. The van der Waals surface area contributed by atoms with Crippen LogP contribution in [-0.4, -0.2) is 18.2 Å². The predicted molar refractivity (Wildman–Crippen MR) is 45.6 cm³/mol. The van der Waals surface area contributed by atoms with Crippen molar-refractivity contribution in [2.45, 2.75) is 25.9 Å². The smallest absolute Gasteiger partial charge is 0.305 e. The van der Waals surface area contributed by atoms with Crippen LogP contribution in [-0.2, 0) is 4.74 Å². The van der Waals surface area contributed by atoms with Gasteiger partial charge in [0.1, 0.15) is 12.3 Å². The Morgan fingerprint density at radius 3 is 3.31 bits per heavy atom. The molecule has 1 unspecified atom stereocenters. The van der Waals surface area contributed by atoms with E-state index >= 15 is 0 Å². The Bertz CT molecular complexity index is 266. The fourth-order valence-corrected chi connectivity index (χ4v) is 1.40. The minimum absolute atomic E-state index is 0.0363. The van der Waals surface area contributed by atoms with E-state index < -0.39 is 0 Å². The van der Waals surface area contributed by atoms with Crippen molar-refractivity contribution in [3.05, 3.63) is 12.1 Å². The highest BCUT2D eigenvalue weighted by atomic mass is 16.6. The molecule has 2 rings (SSSR count). The second kappa shape index (κ2) is 3.79. The molecule has 1 aromatic rings. The summed E-state index contributed by atoms with van der Waals surface area (Å²) >= 11 is 0. The van der Waals surface area contributed by atoms with Crippen LogP contribution in [0.2, 0.25) is 0 Å². The highest BCUT2D eigenvalue weighted by Gasteiger charge is 2.22. The number of ether oxygens (including phenoxy) is 2. The lowest BCUT2D eigenvalue weighted by Crippen LogP contribution is -1.95. The highest BCUT2D eigenvalue weighted by molar-refractivity contribution is 5.02. The van der Waals surface area contributed by atoms with Gasteiger partial charge in [0, 0.05) is 6.61 Å². The van der Waals surface area contributed by atoms with Crippen LogP contribution in [0.4, 0.5) is 0 Å².